The summed E-state index contributed by atoms with van der Waals surface area (Å²) in [5, 5.41) is 9.48. The number of anilines is 1. The average Bonchev–Trinajstić information content (AvgIpc) is 3.04. The maximum absolute atomic E-state index is 11.8. The van der Waals surface area contributed by atoms with Crippen molar-refractivity contribution in [2.24, 2.45) is 4.99 Å². The van der Waals surface area contributed by atoms with Crippen LogP contribution in [0.2, 0.25) is 0 Å². The van der Waals surface area contributed by atoms with Gasteiger partial charge < -0.3 is 20.3 Å². The Labute approximate surface area is 175 Å². The maximum Gasteiger partial charge on any atom is 0.412 e. The molecule has 1 unspecified atom stereocenters. The molecule has 0 saturated carbocycles. The van der Waals surface area contributed by atoms with Crippen molar-refractivity contribution in [2.75, 3.05) is 38.5 Å². The number of carbonyl (C=O) groups is 1. The van der Waals surface area contributed by atoms with Crippen molar-refractivity contribution in [3.05, 3.63) is 29.8 Å². The number of hydrogen-bond acceptors (Lipinski definition) is 4. The van der Waals surface area contributed by atoms with E-state index in [1.54, 1.807) is 0 Å². The minimum absolute atomic E-state index is 0.439. The van der Waals surface area contributed by atoms with Gasteiger partial charge in [-0.15, -0.1) is 0 Å². The van der Waals surface area contributed by atoms with Crippen LogP contribution in [0.4, 0.5) is 10.5 Å². The Morgan fingerprint density at radius 1 is 1.24 bits per heavy atom. The van der Waals surface area contributed by atoms with E-state index in [9.17, 15) is 4.79 Å². The second-order valence-corrected chi connectivity index (χ2v) is 8.50. The predicted molar refractivity (Wildman–Crippen MR) is 120 cm³/mol. The molecule has 0 spiro atoms. The minimum Gasteiger partial charge on any atom is -0.444 e. The zero-order valence-electron chi connectivity index (χ0n) is 18.5. The van der Waals surface area contributed by atoms with Gasteiger partial charge in [-0.1, -0.05) is 12.1 Å². The molecule has 1 amide bonds. The van der Waals surface area contributed by atoms with Crippen LogP contribution in [0.3, 0.4) is 0 Å². The molecule has 0 radical (unpaired) electrons. The van der Waals surface area contributed by atoms with Gasteiger partial charge in [0.25, 0.3) is 0 Å². The third kappa shape index (κ3) is 8.73. The molecular weight excluding hydrogens is 366 g/mol. The van der Waals surface area contributed by atoms with Gasteiger partial charge in [0.1, 0.15) is 5.60 Å². The Bertz CT molecular complexity index is 667. The highest BCUT2D eigenvalue weighted by Crippen LogP contribution is 2.15. The van der Waals surface area contributed by atoms with Crippen molar-refractivity contribution in [3.8, 4) is 0 Å². The number of amides is 1. The van der Waals surface area contributed by atoms with Gasteiger partial charge in [-0.25, -0.2) is 4.79 Å². The largest absolute Gasteiger partial charge is 0.444 e. The molecular formula is C22H37N5O2. The number of benzene rings is 1. The smallest absolute Gasteiger partial charge is 0.412 e. The number of guanidine groups is 1. The predicted octanol–water partition coefficient (Wildman–Crippen LogP) is 3.23. The lowest BCUT2D eigenvalue weighted by Crippen LogP contribution is -2.39. The SMILES string of the molecule is CCNC(=NCC1CCCN1C)NCCc1ccc(NC(=O)OC(C)(C)C)cc1. The lowest BCUT2D eigenvalue weighted by atomic mass is 10.1. The first-order valence-electron chi connectivity index (χ1n) is 10.6. The second-order valence-electron chi connectivity index (χ2n) is 8.50. The highest BCUT2D eigenvalue weighted by molar-refractivity contribution is 5.84. The fraction of sp³-hybridized carbons (Fsp3) is 0.636. The molecule has 1 aliphatic rings. The van der Waals surface area contributed by atoms with E-state index in [0.717, 1.165) is 37.7 Å². The van der Waals surface area contributed by atoms with Gasteiger partial charge >= 0.3 is 6.09 Å². The summed E-state index contributed by atoms with van der Waals surface area (Å²) in [5.74, 6) is 0.871. The maximum atomic E-state index is 11.8. The van der Waals surface area contributed by atoms with Crippen LogP contribution in [0.1, 0.15) is 46.1 Å². The summed E-state index contributed by atoms with van der Waals surface area (Å²) in [6.07, 6.45) is 2.93. The summed E-state index contributed by atoms with van der Waals surface area (Å²) >= 11 is 0. The topological polar surface area (TPSA) is 78.0 Å². The second kappa shape index (κ2) is 11.0. The summed E-state index contributed by atoms with van der Waals surface area (Å²) in [6, 6.07) is 8.39. The first kappa shape index (κ1) is 23.0. The zero-order chi connectivity index (χ0) is 21.3. The average molecular weight is 404 g/mol. The molecule has 0 bridgehead atoms. The lowest BCUT2D eigenvalue weighted by molar-refractivity contribution is 0.0636. The minimum atomic E-state index is -0.505. The van der Waals surface area contributed by atoms with Crippen molar-refractivity contribution in [2.45, 2.75) is 58.6 Å². The van der Waals surface area contributed by atoms with Crippen molar-refractivity contribution in [1.82, 2.24) is 15.5 Å². The molecule has 0 aliphatic carbocycles. The van der Waals surface area contributed by atoms with Crippen molar-refractivity contribution >= 4 is 17.7 Å². The van der Waals surface area contributed by atoms with Crippen LogP contribution in [0.25, 0.3) is 0 Å². The molecule has 1 fully saturated rings. The van der Waals surface area contributed by atoms with Crippen LogP contribution in [-0.4, -0.2) is 61.8 Å². The molecule has 1 atom stereocenters. The Morgan fingerprint density at radius 2 is 1.97 bits per heavy atom. The van der Waals surface area contributed by atoms with Crippen molar-refractivity contribution in [1.29, 1.82) is 0 Å². The van der Waals surface area contributed by atoms with Gasteiger partial charge in [0, 0.05) is 24.8 Å². The molecule has 29 heavy (non-hydrogen) atoms. The molecule has 7 nitrogen and oxygen atoms in total. The van der Waals surface area contributed by atoms with Crippen LogP contribution in [-0.2, 0) is 11.2 Å². The Hall–Kier alpha value is -2.28. The highest BCUT2D eigenvalue weighted by Gasteiger charge is 2.20. The number of carbonyl (C=O) groups excluding carboxylic acids is 1. The molecule has 162 valence electrons. The van der Waals surface area contributed by atoms with E-state index in [2.05, 4.69) is 34.8 Å². The summed E-state index contributed by atoms with van der Waals surface area (Å²) in [5.41, 5.74) is 1.42. The number of aliphatic imine (C=N–C) groups is 1. The van der Waals surface area contributed by atoms with Gasteiger partial charge in [-0.2, -0.15) is 0 Å². The number of likely N-dealkylation sites (tertiary alicyclic amines) is 1. The van der Waals surface area contributed by atoms with E-state index in [1.165, 1.54) is 24.9 Å². The van der Waals surface area contributed by atoms with E-state index in [1.807, 2.05) is 45.0 Å². The number of nitrogens with zero attached hydrogens (tertiary/aromatic N) is 2. The van der Waals surface area contributed by atoms with E-state index in [4.69, 9.17) is 9.73 Å². The summed E-state index contributed by atoms with van der Waals surface area (Å²) < 4.78 is 5.27. The van der Waals surface area contributed by atoms with Crippen LogP contribution in [0.5, 0.6) is 0 Å². The van der Waals surface area contributed by atoms with E-state index < -0.39 is 11.7 Å². The standard InChI is InChI=1S/C22H37N5O2/c1-6-23-20(25-16-19-8-7-15-27(19)5)24-14-13-17-9-11-18(12-10-17)26-21(28)29-22(2,3)4/h9-12,19H,6-8,13-16H2,1-5H3,(H,26,28)(H2,23,24,25). The summed E-state index contributed by atoms with van der Waals surface area (Å²) in [4.78, 5) is 19.0. The molecule has 2 rings (SSSR count). The Balaban J connectivity index is 1.78. The number of hydrogen-bond donors (Lipinski definition) is 3. The van der Waals surface area contributed by atoms with Gasteiger partial charge in [-0.05, 0) is 78.2 Å². The Morgan fingerprint density at radius 3 is 2.55 bits per heavy atom. The third-order valence-corrected chi connectivity index (χ3v) is 4.78. The van der Waals surface area contributed by atoms with Crippen LogP contribution in [0, 0.1) is 0 Å². The van der Waals surface area contributed by atoms with E-state index >= 15 is 0 Å². The number of ether oxygens (including phenoxy) is 1. The third-order valence-electron chi connectivity index (χ3n) is 4.78. The molecule has 3 N–H and O–H groups in total. The fourth-order valence-electron chi connectivity index (χ4n) is 3.25. The van der Waals surface area contributed by atoms with Crippen molar-refractivity contribution < 1.29 is 9.53 Å². The van der Waals surface area contributed by atoms with Gasteiger partial charge in [0.2, 0.25) is 0 Å². The Kier molecular flexibility index (Phi) is 8.76. The molecule has 1 heterocycles. The number of rotatable bonds is 7. The molecule has 1 aromatic carbocycles. The van der Waals surface area contributed by atoms with E-state index in [0.29, 0.717) is 6.04 Å². The highest BCUT2D eigenvalue weighted by atomic mass is 16.6. The van der Waals surface area contributed by atoms with E-state index in [-0.39, 0.29) is 0 Å². The molecule has 1 saturated heterocycles. The number of likely N-dealkylation sites (N-methyl/N-ethyl adjacent to an activating group) is 1. The van der Waals surface area contributed by atoms with Gasteiger partial charge in [-0.3, -0.25) is 10.3 Å². The quantitative estimate of drug-likeness (QED) is 0.481. The van der Waals surface area contributed by atoms with Crippen LogP contribution >= 0.6 is 0 Å². The summed E-state index contributed by atoms with van der Waals surface area (Å²) in [7, 11) is 2.18. The van der Waals surface area contributed by atoms with Crippen LogP contribution < -0.4 is 16.0 Å². The molecule has 7 heteroatoms. The fourth-order valence-corrected chi connectivity index (χ4v) is 3.25. The lowest BCUT2D eigenvalue weighted by Gasteiger charge is -2.19. The van der Waals surface area contributed by atoms with Crippen LogP contribution in [0.15, 0.2) is 29.3 Å². The first-order valence-corrected chi connectivity index (χ1v) is 10.6. The summed E-state index contributed by atoms with van der Waals surface area (Å²) in [6.45, 7) is 11.3. The number of nitrogens with one attached hydrogen (secondary N) is 3. The monoisotopic (exact) mass is 403 g/mol. The zero-order valence-corrected chi connectivity index (χ0v) is 18.5. The molecule has 1 aliphatic heterocycles. The molecule has 1 aromatic rings. The normalized spacial score (nSPS) is 17.8. The van der Waals surface area contributed by atoms with Gasteiger partial charge in [0.05, 0.1) is 6.54 Å². The van der Waals surface area contributed by atoms with Crippen molar-refractivity contribution in [3.63, 3.8) is 0 Å². The first-order chi connectivity index (χ1) is 13.8. The molecule has 0 aromatic heterocycles. The van der Waals surface area contributed by atoms with Gasteiger partial charge in [0.15, 0.2) is 5.96 Å².